The second-order valence-corrected chi connectivity index (χ2v) is 6.26. The maximum Gasteiger partial charge on any atom is 0.226 e. The van der Waals surface area contributed by atoms with Gasteiger partial charge in [-0.15, -0.1) is 0 Å². The van der Waals surface area contributed by atoms with Crippen molar-refractivity contribution in [3.8, 4) is 0 Å². The predicted molar refractivity (Wildman–Crippen MR) is 68.7 cm³/mol. The molecular formula is C13H25N3O. The van der Waals surface area contributed by atoms with Crippen LogP contribution < -0.4 is 5.73 Å². The Morgan fingerprint density at radius 2 is 1.94 bits per heavy atom. The van der Waals surface area contributed by atoms with Gasteiger partial charge in [0.2, 0.25) is 5.89 Å². The average Bonchev–Trinajstić information content (AvgIpc) is 2.62. The van der Waals surface area contributed by atoms with Crippen molar-refractivity contribution < 1.29 is 4.52 Å². The molecule has 0 spiro atoms. The van der Waals surface area contributed by atoms with Crippen molar-refractivity contribution in [2.24, 2.45) is 17.1 Å². The van der Waals surface area contributed by atoms with Crippen LogP contribution in [0.3, 0.4) is 0 Å². The summed E-state index contributed by atoms with van der Waals surface area (Å²) in [6, 6.07) is 0. The number of hydrogen-bond acceptors (Lipinski definition) is 4. The van der Waals surface area contributed by atoms with Gasteiger partial charge in [0.05, 0.1) is 0 Å². The van der Waals surface area contributed by atoms with Gasteiger partial charge in [-0.2, -0.15) is 4.98 Å². The maximum absolute atomic E-state index is 5.58. The topological polar surface area (TPSA) is 64.9 Å². The lowest BCUT2D eigenvalue weighted by Gasteiger charge is -2.22. The zero-order valence-corrected chi connectivity index (χ0v) is 11.7. The fourth-order valence-electron chi connectivity index (χ4n) is 2.07. The molecule has 2 unspecified atom stereocenters. The van der Waals surface area contributed by atoms with Gasteiger partial charge in [-0.25, -0.2) is 0 Å². The summed E-state index contributed by atoms with van der Waals surface area (Å²) in [6.45, 7) is 11.5. The van der Waals surface area contributed by atoms with Gasteiger partial charge in [0.1, 0.15) is 0 Å². The van der Waals surface area contributed by atoms with E-state index in [-0.39, 0.29) is 5.92 Å². The van der Waals surface area contributed by atoms with Gasteiger partial charge >= 0.3 is 0 Å². The molecule has 0 amide bonds. The number of nitrogens with two attached hydrogens (primary N) is 1. The largest absolute Gasteiger partial charge is 0.339 e. The molecule has 98 valence electrons. The summed E-state index contributed by atoms with van der Waals surface area (Å²) in [7, 11) is 0. The first-order chi connectivity index (χ1) is 7.81. The van der Waals surface area contributed by atoms with E-state index in [2.05, 4.69) is 37.8 Å². The Morgan fingerprint density at radius 1 is 1.29 bits per heavy atom. The second kappa shape index (κ2) is 5.63. The average molecular weight is 239 g/mol. The molecule has 1 rings (SSSR count). The van der Waals surface area contributed by atoms with Crippen LogP contribution in [0.1, 0.15) is 58.7 Å². The first-order valence-corrected chi connectivity index (χ1v) is 6.34. The van der Waals surface area contributed by atoms with Gasteiger partial charge in [0.25, 0.3) is 0 Å². The van der Waals surface area contributed by atoms with E-state index >= 15 is 0 Å². The quantitative estimate of drug-likeness (QED) is 0.858. The van der Waals surface area contributed by atoms with Crippen LogP contribution in [0.15, 0.2) is 4.52 Å². The van der Waals surface area contributed by atoms with Crippen molar-refractivity contribution in [2.75, 3.05) is 6.54 Å². The summed E-state index contributed by atoms with van der Waals surface area (Å²) in [4.78, 5) is 4.39. The SMILES string of the molecule is CC(Cc1nc(C(C)CN)no1)CC(C)(C)C. The Bertz CT molecular complexity index is 341. The molecule has 0 aliphatic heterocycles. The van der Waals surface area contributed by atoms with Crippen molar-refractivity contribution in [3.63, 3.8) is 0 Å². The minimum Gasteiger partial charge on any atom is -0.339 e. The monoisotopic (exact) mass is 239 g/mol. The molecule has 1 heterocycles. The van der Waals surface area contributed by atoms with Crippen LogP contribution in [0, 0.1) is 11.3 Å². The zero-order chi connectivity index (χ0) is 13.1. The molecule has 0 aliphatic carbocycles. The van der Waals surface area contributed by atoms with Crippen molar-refractivity contribution in [3.05, 3.63) is 11.7 Å². The van der Waals surface area contributed by atoms with E-state index < -0.39 is 0 Å². The molecule has 1 aromatic rings. The lowest BCUT2D eigenvalue weighted by atomic mass is 9.84. The van der Waals surface area contributed by atoms with Crippen LogP contribution in [-0.4, -0.2) is 16.7 Å². The van der Waals surface area contributed by atoms with Gasteiger partial charge in [-0.05, 0) is 17.8 Å². The van der Waals surface area contributed by atoms with E-state index in [1.165, 1.54) is 0 Å². The van der Waals surface area contributed by atoms with Gasteiger partial charge in [-0.3, -0.25) is 0 Å². The van der Waals surface area contributed by atoms with E-state index in [1.54, 1.807) is 0 Å². The van der Waals surface area contributed by atoms with E-state index in [0.29, 0.717) is 17.9 Å². The highest BCUT2D eigenvalue weighted by Gasteiger charge is 2.19. The first-order valence-electron chi connectivity index (χ1n) is 6.34. The van der Waals surface area contributed by atoms with E-state index in [0.717, 1.165) is 24.6 Å². The van der Waals surface area contributed by atoms with Crippen LogP contribution >= 0.6 is 0 Å². The number of nitrogens with zero attached hydrogens (tertiary/aromatic N) is 2. The van der Waals surface area contributed by atoms with Gasteiger partial charge in [-0.1, -0.05) is 39.8 Å². The molecule has 17 heavy (non-hydrogen) atoms. The highest BCUT2D eigenvalue weighted by molar-refractivity contribution is 4.94. The third kappa shape index (κ3) is 4.86. The van der Waals surface area contributed by atoms with Crippen LogP contribution in [0.2, 0.25) is 0 Å². The smallest absolute Gasteiger partial charge is 0.226 e. The molecule has 4 nitrogen and oxygen atoms in total. The number of hydrogen-bond donors (Lipinski definition) is 1. The molecule has 0 saturated carbocycles. The summed E-state index contributed by atoms with van der Waals surface area (Å²) < 4.78 is 5.26. The summed E-state index contributed by atoms with van der Waals surface area (Å²) in [5.41, 5.74) is 5.92. The van der Waals surface area contributed by atoms with Gasteiger partial charge < -0.3 is 10.3 Å². The van der Waals surface area contributed by atoms with E-state index in [9.17, 15) is 0 Å². The molecule has 0 bridgehead atoms. The molecule has 1 aromatic heterocycles. The molecular weight excluding hydrogens is 214 g/mol. The van der Waals surface area contributed by atoms with Gasteiger partial charge in [0, 0.05) is 18.9 Å². The van der Waals surface area contributed by atoms with Crippen molar-refractivity contribution in [1.82, 2.24) is 10.1 Å². The second-order valence-electron chi connectivity index (χ2n) is 6.26. The molecule has 2 N–H and O–H groups in total. The summed E-state index contributed by atoms with van der Waals surface area (Å²) in [5, 5.41) is 3.97. The summed E-state index contributed by atoms with van der Waals surface area (Å²) in [5.74, 6) is 2.18. The Labute approximate surface area is 104 Å². The third-order valence-electron chi connectivity index (χ3n) is 2.76. The van der Waals surface area contributed by atoms with Crippen molar-refractivity contribution in [2.45, 2.75) is 53.4 Å². The summed E-state index contributed by atoms with van der Waals surface area (Å²) in [6.07, 6.45) is 2.00. The number of aromatic nitrogens is 2. The Balaban J connectivity index is 2.54. The highest BCUT2D eigenvalue weighted by atomic mass is 16.5. The molecule has 0 radical (unpaired) electrons. The lowest BCUT2D eigenvalue weighted by Crippen LogP contribution is -2.13. The molecule has 0 aliphatic rings. The fourth-order valence-corrected chi connectivity index (χ4v) is 2.07. The lowest BCUT2D eigenvalue weighted by molar-refractivity contribution is 0.282. The van der Waals surface area contributed by atoms with E-state index in [4.69, 9.17) is 10.3 Å². The molecule has 0 fully saturated rings. The van der Waals surface area contributed by atoms with Crippen LogP contribution in [0.25, 0.3) is 0 Å². The van der Waals surface area contributed by atoms with Crippen LogP contribution in [-0.2, 0) is 6.42 Å². The Kier molecular flexibility index (Phi) is 4.69. The molecule has 0 aromatic carbocycles. The van der Waals surface area contributed by atoms with E-state index in [1.807, 2.05) is 6.92 Å². The van der Waals surface area contributed by atoms with Crippen LogP contribution in [0.4, 0.5) is 0 Å². The molecule has 4 heteroatoms. The third-order valence-corrected chi connectivity index (χ3v) is 2.76. The van der Waals surface area contributed by atoms with Gasteiger partial charge in [0.15, 0.2) is 5.82 Å². The maximum atomic E-state index is 5.58. The minimum atomic E-state index is 0.172. The molecule has 0 saturated heterocycles. The Hall–Kier alpha value is -0.900. The minimum absolute atomic E-state index is 0.172. The first kappa shape index (κ1) is 14.2. The zero-order valence-electron chi connectivity index (χ0n) is 11.7. The molecule has 2 atom stereocenters. The van der Waals surface area contributed by atoms with Crippen molar-refractivity contribution in [1.29, 1.82) is 0 Å². The van der Waals surface area contributed by atoms with Crippen molar-refractivity contribution >= 4 is 0 Å². The predicted octanol–water partition coefficient (Wildman–Crippen LogP) is 2.75. The fraction of sp³-hybridized carbons (Fsp3) is 0.846. The standard InChI is InChI=1S/C13H25N3O/c1-9(7-13(3,4)5)6-11-15-12(16-17-11)10(2)8-14/h9-10H,6-8,14H2,1-5H3. The number of rotatable bonds is 5. The van der Waals surface area contributed by atoms with Crippen LogP contribution in [0.5, 0.6) is 0 Å². The summed E-state index contributed by atoms with van der Waals surface area (Å²) >= 11 is 0. The normalized spacial score (nSPS) is 15.9. The Morgan fingerprint density at radius 3 is 2.47 bits per heavy atom. The highest BCUT2D eigenvalue weighted by Crippen LogP contribution is 2.26.